The number of hydrogen-bond donors (Lipinski definition) is 1. The van der Waals surface area contributed by atoms with Gasteiger partial charge in [0.1, 0.15) is 0 Å². The number of rotatable bonds is 4. The molecule has 0 saturated heterocycles. The Labute approximate surface area is 112 Å². The third-order valence-corrected chi connectivity index (χ3v) is 3.50. The van der Waals surface area contributed by atoms with Crippen molar-refractivity contribution in [2.24, 2.45) is 0 Å². The second kappa shape index (κ2) is 4.97. The third kappa shape index (κ3) is 2.82. The zero-order valence-corrected chi connectivity index (χ0v) is 11.6. The molecule has 0 unspecified atom stereocenters. The summed E-state index contributed by atoms with van der Waals surface area (Å²) < 4.78 is 0. The van der Waals surface area contributed by atoms with E-state index in [-0.39, 0.29) is 5.41 Å². The fraction of sp³-hybridized carbons (Fsp3) is 0.462. The lowest BCUT2D eigenvalue weighted by Crippen LogP contribution is -2.24. The number of likely N-dealkylation sites (N-methyl/N-ethyl adjacent to an activating group) is 1. The van der Waals surface area contributed by atoms with Gasteiger partial charge in [0.15, 0.2) is 0 Å². The van der Waals surface area contributed by atoms with E-state index < -0.39 is 0 Å². The van der Waals surface area contributed by atoms with Crippen molar-refractivity contribution in [3.05, 3.63) is 33.6 Å². The molecule has 0 atom stereocenters. The molecule has 17 heavy (non-hydrogen) atoms. The highest BCUT2D eigenvalue weighted by Gasteiger charge is 2.46. The second-order valence-electron chi connectivity index (χ2n) is 4.64. The zero-order valence-electron chi connectivity index (χ0n) is 10.1. The Bertz CT molecular complexity index is 447. The van der Waals surface area contributed by atoms with E-state index in [1.165, 1.54) is 0 Å². The molecule has 0 bridgehead atoms. The maximum Gasteiger partial charge on any atom is 0.0664 e. The van der Waals surface area contributed by atoms with Crippen molar-refractivity contribution in [2.45, 2.75) is 25.2 Å². The van der Waals surface area contributed by atoms with Gasteiger partial charge >= 0.3 is 0 Å². The van der Waals surface area contributed by atoms with Crippen LogP contribution in [0.25, 0.3) is 6.08 Å². The molecule has 2 nitrogen and oxygen atoms in total. The molecule has 1 aliphatic carbocycles. The van der Waals surface area contributed by atoms with Gasteiger partial charge in [0.2, 0.25) is 0 Å². The van der Waals surface area contributed by atoms with Crippen molar-refractivity contribution in [3.63, 3.8) is 0 Å². The maximum atomic E-state index is 6.31. The van der Waals surface area contributed by atoms with Gasteiger partial charge in [0.25, 0.3) is 0 Å². The predicted octanol–water partition coefficient (Wildman–Crippen LogP) is 3.59. The summed E-state index contributed by atoms with van der Waals surface area (Å²) in [6.07, 6.45) is 6.01. The lowest BCUT2D eigenvalue weighted by Gasteiger charge is -2.15. The average Bonchev–Trinajstić information content (AvgIpc) is 2.98. The van der Waals surface area contributed by atoms with Gasteiger partial charge in [-0.15, -0.1) is 0 Å². The molecule has 1 aromatic rings. The van der Waals surface area contributed by atoms with Crippen LogP contribution in [-0.2, 0) is 5.41 Å². The first kappa shape index (κ1) is 12.9. The van der Waals surface area contributed by atoms with Crippen LogP contribution in [0, 0.1) is 0 Å². The molecule has 1 heterocycles. The molecular formula is C13H16Cl2N2. The van der Waals surface area contributed by atoms with E-state index >= 15 is 0 Å². The summed E-state index contributed by atoms with van der Waals surface area (Å²) in [6, 6.07) is 1.94. The summed E-state index contributed by atoms with van der Waals surface area (Å²) in [5, 5.41) is 4.68. The van der Waals surface area contributed by atoms with Crippen molar-refractivity contribution < 1.29 is 0 Å². The van der Waals surface area contributed by atoms with Gasteiger partial charge in [-0.2, -0.15) is 0 Å². The standard InChI is InChI=1S/C13H16Cl2N2/c1-9(14)5-10-6-11(15)12(17-7-10)13(3-4-13)8-16-2/h5-7,16H,3-4,8H2,1-2H3/b9-5+. The topological polar surface area (TPSA) is 24.9 Å². The first-order valence-electron chi connectivity index (χ1n) is 5.72. The number of pyridine rings is 1. The number of nitrogens with one attached hydrogen (secondary N) is 1. The van der Waals surface area contributed by atoms with Crippen molar-refractivity contribution in [1.29, 1.82) is 0 Å². The Morgan fingerprint density at radius 2 is 2.29 bits per heavy atom. The van der Waals surface area contributed by atoms with Gasteiger partial charge in [0.05, 0.1) is 10.7 Å². The number of nitrogens with zero attached hydrogens (tertiary/aromatic N) is 1. The highest BCUT2D eigenvalue weighted by Crippen LogP contribution is 2.49. The molecule has 1 N–H and O–H groups in total. The summed E-state index contributed by atoms with van der Waals surface area (Å²) in [6.45, 7) is 2.77. The zero-order chi connectivity index (χ0) is 12.5. The molecule has 0 radical (unpaired) electrons. The van der Waals surface area contributed by atoms with Gasteiger partial charge in [-0.05, 0) is 44.5 Å². The van der Waals surface area contributed by atoms with Crippen molar-refractivity contribution in [1.82, 2.24) is 10.3 Å². The summed E-state index contributed by atoms with van der Waals surface area (Å²) in [7, 11) is 1.96. The van der Waals surface area contributed by atoms with E-state index in [0.717, 1.165) is 40.7 Å². The molecule has 1 fully saturated rings. The lowest BCUT2D eigenvalue weighted by molar-refractivity contribution is 0.607. The van der Waals surface area contributed by atoms with E-state index in [2.05, 4.69) is 10.3 Å². The first-order chi connectivity index (χ1) is 8.07. The van der Waals surface area contributed by atoms with Crippen LogP contribution in [0.5, 0.6) is 0 Å². The van der Waals surface area contributed by atoms with Crippen LogP contribution in [0.3, 0.4) is 0 Å². The second-order valence-corrected chi connectivity index (χ2v) is 5.64. The molecule has 0 amide bonds. The first-order valence-corrected chi connectivity index (χ1v) is 6.47. The largest absolute Gasteiger partial charge is 0.319 e. The van der Waals surface area contributed by atoms with E-state index in [1.54, 1.807) is 0 Å². The molecule has 0 aromatic carbocycles. The molecular weight excluding hydrogens is 255 g/mol. The van der Waals surface area contributed by atoms with Crippen molar-refractivity contribution in [3.8, 4) is 0 Å². The van der Waals surface area contributed by atoms with Crippen LogP contribution in [0.1, 0.15) is 31.0 Å². The van der Waals surface area contributed by atoms with Gasteiger partial charge < -0.3 is 5.32 Å². The van der Waals surface area contributed by atoms with E-state index in [4.69, 9.17) is 23.2 Å². The minimum atomic E-state index is 0.157. The molecule has 1 saturated carbocycles. The van der Waals surface area contributed by atoms with Crippen molar-refractivity contribution in [2.75, 3.05) is 13.6 Å². The summed E-state index contributed by atoms with van der Waals surface area (Å²) in [4.78, 5) is 4.51. The molecule has 2 rings (SSSR count). The number of allylic oxidation sites excluding steroid dienone is 1. The Balaban J connectivity index is 2.29. The van der Waals surface area contributed by atoms with Gasteiger partial charge in [-0.25, -0.2) is 0 Å². The molecule has 1 aliphatic rings. The minimum absolute atomic E-state index is 0.157. The lowest BCUT2D eigenvalue weighted by atomic mass is 10.0. The Hall–Kier alpha value is -0.570. The number of aromatic nitrogens is 1. The maximum absolute atomic E-state index is 6.31. The average molecular weight is 271 g/mol. The fourth-order valence-corrected chi connectivity index (χ4v) is 2.64. The van der Waals surface area contributed by atoms with E-state index in [9.17, 15) is 0 Å². The molecule has 0 aliphatic heterocycles. The van der Waals surface area contributed by atoms with Crippen molar-refractivity contribution >= 4 is 29.3 Å². The highest BCUT2D eigenvalue weighted by molar-refractivity contribution is 6.32. The minimum Gasteiger partial charge on any atom is -0.319 e. The molecule has 4 heteroatoms. The number of halogens is 2. The molecule has 92 valence electrons. The Morgan fingerprint density at radius 3 is 2.76 bits per heavy atom. The van der Waals surface area contributed by atoms with E-state index in [0.29, 0.717) is 0 Å². The summed E-state index contributed by atoms with van der Waals surface area (Å²) in [5.41, 5.74) is 2.12. The Morgan fingerprint density at radius 1 is 1.59 bits per heavy atom. The van der Waals surface area contributed by atoms with Gasteiger partial charge in [-0.3, -0.25) is 4.98 Å². The SMILES string of the molecule is CNCC1(c2ncc(/C=C(\C)Cl)cc2Cl)CC1. The van der Waals surface area contributed by atoms with Gasteiger partial charge in [-0.1, -0.05) is 23.2 Å². The van der Waals surface area contributed by atoms with Crippen LogP contribution in [-0.4, -0.2) is 18.6 Å². The quantitative estimate of drug-likeness (QED) is 0.905. The summed E-state index contributed by atoms with van der Waals surface area (Å²) in [5.74, 6) is 0. The number of hydrogen-bond acceptors (Lipinski definition) is 2. The van der Waals surface area contributed by atoms with Gasteiger partial charge in [0, 0.05) is 23.2 Å². The monoisotopic (exact) mass is 270 g/mol. The van der Waals surface area contributed by atoms with Crippen LogP contribution >= 0.6 is 23.2 Å². The van der Waals surface area contributed by atoms with E-state index in [1.807, 2.05) is 32.3 Å². The molecule has 1 aromatic heterocycles. The molecule has 0 spiro atoms. The highest BCUT2D eigenvalue weighted by atomic mass is 35.5. The third-order valence-electron chi connectivity index (χ3n) is 3.10. The Kier molecular flexibility index (Phi) is 3.76. The van der Waals surface area contributed by atoms with Crippen LogP contribution in [0.15, 0.2) is 17.3 Å². The predicted molar refractivity (Wildman–Crippen MR) is 73.6 cm³/mol. The smallest absolute Gasteiger partial charge is 0.0664 e. The fourth-order valence-electron chi connectivity index (χ4n) is 2.14. The summed E-state index contributed by atoms with van der Waals surface area (Å²) >= 11 is 12.1. The van der Waals surface area contributed by atoms with Crippen LogP contribution in [0.2, 0.25) is 5.02 Å². The normalized spacial score (nSPS) is 18.2. The van der Waals surface area contributed by atoms with Crippen LogP contribution in [0.4, 0.5) is 0 Å². The van der Waals surface area contributed by atoms with Crippen LogP contribution < -0.4 is 5.32 Å².